The van der Waals surface area contributed by atoms with Crippen molar-refractivity contribution in [2.24, 2.45) is 0 Å². The van der Waals surface area contributed by atoms with Crippen LogP contribution in [0.1, 0.15) is 12.7 Å². The van der Waals surface area contributed by atoms with Gasteiger partial charge >= 0.3 is 0 Å². The fourth-order valence-corrected chi connectivity index (χ4v) is 1.66. The zero-order valence-corrected chi connectivity index (χ0v) is 9.43. The molecule has 1 fully saturated rings. The molecule has 1 aliphatic heterocycles. The van der Waals surface area contributed by atoms with Crippen LogP contribution in [0.2, 0.25) is 0 Å². The minimum absolute atomic E-state index is 0.132. The molecule has 0 radical (unpaired) electrons. The van der Waals surface area contributed by atoms with Gasteiger partial charge in [-0.15, -0.1) is 0 Å². The Kier molecular flexibility index (Phi) is 4.21. The van der Waals surface area contributed by atoms with Crippen molar-refractivity contribution in [2.75, 3.05) is 19.7 Å². The lowest BCUT2D eigenvalue weighted by molar-refractivity contribution is -0.0723. The first-order valence-electron chi connectivity index (χ1n) is 5.54. The van der Waals surface area contributed by atoms with Gasteiger partial charge in [0, 0.05) is 25.5 Å². The van der Waals surface area contributed by atoms with Crippen LogP contribution in [-0.4, -0.2) is 41.9 Å². The number of nitrogens with one attached hydrogen (secondary N) is 1. The Balaban J connectivity index is 1.68. The average Bonchev–Trinajstić information content (AvgIpc) is 2.30. The van der Waals surface area contributed by atoms with E-state index in [0.29, 0.717) is 19.0 Å². The summed E-state index contributed by atoms with van der Waals surface area (Å²) in [6.07, 6.45) is 3.82. The monoisotopic (exact) mass is 223 g/mol. The molecular weight excluding hydrogens is 206 g/mol. The topological polar surface area (TPSA) is 56.3 Å². The Bertz CT molecular complexity index is 307. The average molecular weight is 223 g/mol. The van der Waals surface area contributed by atoms with Crippen molar-refractivity contribution in [1.82, 2.24) is 15.3 Å². The molecule has 5 heteroatoms. The highest BCUT2D eigenvalue weighted by molar-refractivity contribution is 4.86. The third-order valence-electron chi connectivity index (χ3n) is 2.38. The summed E-state index contributed by atoms with van der Waals surface area (Å²) in [6.45, 7) is 4.84. The van der Waals surface area contributed by atoms with E-state index in [1.165, 1.54) is 0 Å². The van der Waals surface area contributed by atoms with Crippen LogP contribution in [-0.2, 0) is 16.1 Å². The molecule has 0 spiro atoms. The van der Waals surface area contributed by atoms with E-state index in [2.05, 4.69) is 22.2 Å². The van der Waals surface area contributed by atoms with Crippen molar-refractivity contribution in [1.29, 1.82) is 0 Å². The largest absolute Gasteiger partial charge is 0.371 e. The molecule has 0 saturated carbocycles. The van der Waals surface area contributed by atoms with Gasteiger partial charge in [-0.2, -0.15) is 0 Å². The quantitative estimate of drug-likeness (QED) is 0.799. The van der Waals surface area contributed by atoms with E-state index >= 15 is 0 Å². The van der Waals surface area contributed by atoms with Gasteiger partial charge in [-0.05, 0) is 13.0 Å². The van der Waals surface area contributed by atoms with E-state index in [1.807, 2.05) is 0 Å². The van der Waals surface area contributed by atoms with Gasteiger partial charge in [-0.3, -0.25) is 0 Å². The Morgan fingerprint density at radius 1 is 1.44 bits per heavy atom. The maximum Gasteiger partial charge on any atom is 0.153 e. The lowest BCUT2D eigenvalue weighted by atomic mass is 10.2. The molecule has 5 nitrogen and oxygen atoms in total. The molecule has 0 aromatic carbocycles. The highest BCUT2D eigenvalue weighted by atomic mass is 16.5. The van der Waals surface area contributed by atoms with Crippen molar-refractivity contribution in [3.05, 3.63) is 24.3 Å². The second-order valence-corrected chi connectivity index (χ2v) is 3.91. The van der Waals surface area contributed by atoms with Crippen LogP contribution in [0.15, 0.2) is 18.5 Å². The van der Waals surface area contributed by atoms with Gasteiger partial charge in [0.1, 0.15) is 6.61 Å². The molecule has 2 atom stereocenters. The molecule has 2 rings (SSSR count). The summed E-state index contributed by atoms with van der Waals surface area (Å²) < 4.78 is 11.2. The Hall–Kier alpha value is -1.04. The smallest absolute Gasteiger partial charge is 0.153 e. The number of rotatable bonds is 4. The number of hydrogen-bond acceptors (Lipinski definition) is 5. The van der Waals surface area contributed by atoms with Gasteiger partial charge in [0.15, 0.2) is 5.82 Å². The molecule has 16 heavy (non-hydrogen) atoms. The molecule has 0 aliphatic carbocycles. The van der Waals surface area contributed by atoms with Crippen molar-refractivity contribution in [3.63, 3.8) is 0 Å². The van der Waals surface area contributed by atoms with Gasteiger partial charge < -0.3 is 14.8 Å². The van der Waals surface area contributed by atoms with Gasteiger partial charge in [-0.25, -0.2) is 9.97 Å². The summed E-state index contributed by atoms with van der Waals surface area (Å²) in [5.74, 6) is 0.708. The zero-order valence-electron chi connectivity index (χ0n) is 9.43. The van der Waals surface area contributed by atoms with Crippen LogP contribution in [0.25, 0.3) is 0 Å². The van der Waals surface area contributed by atoms with Gasteiger partial charge in [0.25, 0.3) is 0 Å². The molecule has 1 aliphatic rings. The minimum Gasteiger partial charge on any atom is -0.371 e. The van der Waals surface area contributed by atoms with E-state index < -0.39 is 0 Å². The minimum atomic E-state index is 0.132. The first-order chi connectivity index (χ1) is 7.84. The Morgan fingerprint density at radius 2 is 2.25 bits per heavy atom. The summed E-state index contributed by atoms with van der Waals surface area (Å²) >= 11 is 0. The molecule has 0 bridgehead atoms. The molecule has 88 valence electrons. The second kappa shape index (κ2) is 5.89. The lowest BCUT2D eigenvalue weighted by Gasteiger charge is -2.28. The van der Waals surface area contributed by atoms with Crippen LogP contribution in [0.4, 0.5) is 0 Å². The summed E-state index contributed by atoms with van der Waals surface area (Å²) in [5, 5.41) is 3.30. The predicted molar refractivity (Wildman–Crippen MR) is 58.9 cm³/mol. The van der Waals surface area contributed by atoms with Crippen LogP contribution in [0.5, 0.6) is 0 Å². The fraction of sp³-hybridized carbons (Fsp3) is 0.636. The van der Waals surface area contributed by atoms with Gasteiger partial charge in [0.05, 0.1) is 18.8 Å². The van der Waals surface area contributed by atoms with Crippen molar-refractivity contribution >= 4 is 0 Å². The number of hydrogen-bond donors (Lipinski definition) is 1. The van der Waals surface area contributed by atoms with Crippen molar-refractivity contribution in [3.8, 4) is 0 Å². The van der Waals surface area contributed by atoms with E-state index in [-0.39, 0.29) is 12.2 Å². The van der Waals surface area contributed by atoms with Crippen molar-refractivity contribution < 1.29 is 9.47 Å². The van der Waals surface area contributed by atoms with Gasteiger partial charge in [-0.1, -0.05) is 0 Å². The predicted octanol–water partition coefficient (Wildman–Crippen LogP) is 0.370. The first kappa shape index (κ1) is 11.4. The van der Waals surface area contributed by atoms with Gasteiger partial charge in [0.2, 0.25) is 0 Å². The SMILES string of the molecule is CC1CNCC(COCc2ncccn2)O1. The number of ether oxygens (including phenoxy) is 2. The third-order valence-corrected chi connectivity index (χ3v) is 2.38. The highest BCUT2D eigenvalue weighted by Gasteiger charge is 2.18. The number of nitrogens with zero attached hydrogens (tertiary/aromatic N) is 2. The fourth-order valence-electron chi connectivity index (χ4n) is 1.66. The standard InChI is InChI=1S/C11H17N3O2/c1-9-5-12-6-10(16-9)7-15-8-11-13-3-2-4-14-11/h2-4,9-10,12H,5-8H2,1H3. The summed E-state index contributed by atoms with van der Waals surface area (Å²) in [6, 6.07) is 1.79. The maximum atomic E-state index is 5.70. The van der Waals surface area contributed by atoms with Crippen LogP contribution < -0.4 is 5.32 Å². The first-order valence-corrected chi connectivity index (χ1v) is 5.54. The zero-order chi connectivity index (χ0) is 11.2. The number of morpholine rings is 1. The van der Waals surface area contributed by atoms with E-state index in [0.717, 1.165) is 13.1 Å². The molecule has 1 N–H and O–H groups in total. The van der Waals surface area contributed by atoms with Crippen LogP contribution in [0, 0.1) is 0 Å². The molecule has 1 saturated heterocycles. The molecule has 0 amide bonds. The number of aromatic nitrogens is 2. The van der Waals surface area contributed by atoms with E-state index in [1.54, 1.807) is 18.5 Å². The Labute approximate surface area is 95.2 Å². The third kappa shape index (κ3) is 3.52. The molecular formula is C11H17N3O2. The summed E-state index contributed by atoms with van der Waals surface area (Å²) in [5.41, 5.74) is 0. The molecule has 1 aromatic heterocycles. The van der Waals surface area contributed by atoms with Crippen molar-refractivity contribution in [2.45, 2.75) is 25.7 Å². The highest BCUT2D eigenvalue weighted by Crippen LogP contribution is 2.04. The molecule has 2 unspecified atom stereocenters. The lowest BCUT2D eigenvalue weighted by Crippen LogP contribution is -2.45. The second-order valence-electron chi connectivity index (χ2n) is 3.91. The summed E-state index contributed by atoms with van der Waals surface area (Å²) in [7, 11) is 0. The maximum absolute atomic E-state index is 5.70. The van der Waals surface area contributed by atoms with Crippen LogP contribution >= 0.6 is 0 Å². The molecule has 1 aromatic rings. The molecule has 2 heterocycles. The Morgan fingerprint density at radius 3 is 3.00 bits per heavy atom. The van der Waals surface area contributed by atoms with E-state index in [9.17, 15) is 0 Å². The van der Waals surface area contributed by atoms with E-state index in [4.69, 9.17) is 9.47 Å². The normalized spacial score (nSPS) is 25.6. The van der Waals surface area contributed by atoms with Crippen LogP contribution in [0.3, 0.4) is 0 Å². The summed E-state index contributed by atoms with van der Waals surface area (Å²) in [4.78, 5) is 8.17.